The van der Waals surface area contributed by atoms with Crippen LogP contribution in [0.25, 0.3) is 0 Å². The topological polar surface area (TPSA) is 72.0 Å². The first kappa shape index (κ1) is 28.6. The lowest BCUT2D eigenvalue weighted by atomic mass is 9.91. The normalized spacial score (nSPS) is 25.4. The number of likely N-dealkylation sites (N-methyl/N-ethyl adjacent to an activating group) is 1. The molecule has 2 aromatic rings. The summed E-state index contributed by atoms with van der Waals surface area (Å²) in [6.07, 6.45) is 2.52. The molecule has 0 unspecified atom stereocenters. The summed E-state index contributed by atoms with van der Waals surface area (Å²) in [5.74, 6) is -0.0319. The maximum absolute atomic E-state index is 13.9. The van der Waals surface area contributed by atoms with Crippen molar-refractivity contribution in [1.82, 2.24) is 25.0 Å². The molecule has 0 aliphatic carbocycles. The summed E-state index contributed by atoms with van der Waals surface area (Å²) >= 11 is 0. The summed E-state index contributed by atoms with van der Waals surface area (Å²) in [7, 11) is 1.99. The predicted molar refractivity (Wildman–Crippen MR) is 155 cm³/mol. The van der Waals surface area contributed by atoms with Crippen LogP contribution in [-0.2, 0) is 21.4 Å². The molecule has 40 heavy (non-hydrogen) atoms. The van der Waals surface area contributed by atoms with E-state index in [2.05, 4.69) is 48.9 Å². The molecule has 0 radical (unpaired) electrons. The number of hydrogen-bond acceptors (Lipinski definition) is 6. The number of pyridine rings is 1. The van der Waals surface area contributed by atoms with Gasteiger partial charge in [-0.05, 0) is 69.1 Å². The first-order valence-corrected chi connectivity index (χ1v) is 14.4. The number of carbonyl (C=O) groups excluding carboxylic acids is 2. The number of nitrogens with zero attached hydrogens (tertiary/aromatic N) is 5. The first-order valence-electron chi connectivity index (χ1n) is 14.4. The second-order valence-corrected chi connectivity index (χ2v) is 12.8. The smallest absolute Gasteiger partial charge is 0.241 e. The molecule has 1 aromatic carbocycles. The SMILES string of the molecule is Cc1cc(F)ccc1Cc1cnc2c(c1)N(C(=O)CN1C[C@@H](C)NC[C@@H]1CN1C[C@H](C)N(C)CC1=O)CC2(C)C. The maximum Gasteiger partial charge on any atom is 0.241 e. The van der Waals surface area contributed by atoms with Crippen molar-refractivity contribution in [3.05, 3.63) is 58.7 Å². The Labute approximate surface area is 237 Å². The Morgan fingerprint density at radius 3 is 2.73 bits per heavy atom. The van der Waals surface area contributed by atoms with Crippen LogP contribution in [0, 0.1) is 12.7 Å². The Balaban J connectivity index is 1.33. The third kappa shape index (κ3) is 5.92. The zero-order valence-corrected chi connectivity index (χ0v) is 24.7. The van der Waals surface area contributed by atoms with Gasteiger partial charge >= 0.3 is 0 Å². The summed E-state index contributed by atoms with van der Waals surface area (Å²) in [5, 5.41) is 3.55. The number of aromatic nitrogens is 1. The number of nitrogens with one attached hydrogen (secondary N) is 1. The molecule has 0 saturated carbocycles. The van der Waals surface area contributed by atoms with Crippen LogP contribution < -0.4 is 10.2 Å². The van der Waals surface area contributed by atoms with E-state index in [1.54, 1.807) is 6.07 Å². The average Bonchev–Trinajstić information content (AvgIpc) is 3.16. The summed E-state index contributed by atoms with van der Waals surface area (Å²) in [4.78, 5) is 39.7. The Hall–Kier alpha value is -2.88. The number of fused-ring (bicyclic) bond motifs is 1. The zero-order chi connectivity index (χ0) is 28.8. The van der Waals surface area contributed by atoms with Gasteiger partial charge in [0.05, 0.1) is 24.5 Å². The van der Waals surface area contributed by atoms with Crippen molar-refractivity contribution in [3.8, 4) is 0 Å². The van der Waals surface area contributed by atoms with Crippen LogP contribution in [0.3, 0.4) is 0 Å². The van der Waals surface area contributed by atoms with Gasteiger partial charge < -0.3 is 15.1 Å². The van der Waals surface area contributed by atoms with Gasteiger partial charge in [-0.15, -0.1) is 0 Å². The van der Waals surface area contributed by atoms with Crippen molar-refractivity contribution in [2.75, 3.05) is 57.8 Å². The van der Waals surface area contributed by atoms with Crippen molar-refractivity contribution in [3.63, 3.8) is 0 Å². The minimum absolute atomic E-state index is 0.0564. The van der Waals surface area contributed by atoms with Gasteiger partial charge in [0.15, 0.2) is 0 Å². The minimum Gasteiger partial charge on any atom is -0.338 e. The zero-order valence-electron chi connectivity index (χ0n) is 24.7. The van der Waals surface area contributed by atoms with Gasteiger partial charge in [0.2, 0.25) is 11.8 Å². The molecule has 216 valence electrons. The highest BCUT2D eigenvalue weighted by Crippen LogP contribution is 2.40. The third-order valence-corrected chi connectivity index (χ3v) is 8.88. The lowest BCUT2D eigenvalue weighted by molar-refractivity contribution is -0.138. The van der Waals surface area contributed by atoms with E-state index < -0.39 is 0 Å². The standard InChI is InChI=1S/C31H43FN6O2/c1-20-9-25(32)8-7-24(20)10-23-11-27-30(34-12-23)31(4,5)19-38(27)29(40)18-36-14-21(2)33-13-26(36)16-37-15-22(3)35(6)17-28(37)39/h7-9,11-12,21-22,26,33H,10,13-19H2,1-6H3/t21-,22+,26-/m1/s1. The van der Waals surface area contributed by atoms with E-state index in [1.807, 2.05) is 36.0 Å². The molecule has 2 saturated heterocycles. The molecule has 2 amide bonds. The van der Waals surface area contributed by atoms with Crippen molar-refractivity contribution in [2.45, 2.75) is 64.6 Å². The maximum atomic E-state index is 13.9. The van der Waals surface area contributed by atoms with Crippen LogP contribution >= 0.6 is 0 Å². The third-order valence-electron chi connectivity index (χ3n) is 8.88. The van der Waals surface area contributed by atoms with Crippen LogP contribution in [0.15, 0.2) is 30.5 Å². The number of hydrogen-bond donors (Lipinski definition) is 1. The number of carbonyl (C=O) groups is 2. The fourth-order valence-corrected chi connectivity index (χ4v) is 6.30. The Morgan fingerprint density at radius 2 is 1.98 bits per heavy atom. The van der Waals surface area contributed by atoms with E-state index >= 15 is 0 Å². The van der Waals surface area contributed by atoms with Gasteiger partial charge in [-0.3, -0.25) is 24.4 Å². The molecular formula is C31H43FN6O2. The molecule has 3 aliphatic heterocycles. The Bertz CT molecular complexity index is 1280. The van der Waals surface area contributed by atoms with E-state index in [0.717, 1.165) is 41.2 Å². The first-order chi connectivity index (χ1) is 18.9. The van der Waals surface area contributed by atoms with Crippen molar-refractivity contribution < 1.29 is 14.0 Å². The molecule has 1 aromatic heterocycles. The number of rotatable bonds is 6. The monoisotopic (exact) mass is 550 g/mol. The van der Waals surface area contributed by atoms with Crippen LogP contribution in [0.5, 0.6) is 0 Å². The summed E-state index contributed by atoms with van der Waals surface area (Å²) in [6.45, 7) is 14.6. The molecule has 4 heterocycles. The fourth-order valence-electron chi connectivity index (χ4n) is 6.30. The minimum atomic E-state index is -0.256. The van der Waals surface area contributed by atoms with Crippen LogP contribution in [-0.4, -0.2) is 102 Å². The molecule has 0 spiro atoms. The van der Waals surface area contributed by atoms with Gasteiger partial charge in [0.25, 0.3) is 0 Å². The number of halogens is 1. The molecule has 1 N–H and O–H groups in total. The van der Waals surface area contributed by atoms with Crippen molar-refractivity contribution in [1.29, 1.82) is 0 Å². The molecule has 2 fully saturated rings. The second-order valence-electron chi connectivity index (χ2n) is 12.8. The average molecular weight is 551 g/mol. The molecule has 5 rings (SSSR count). The lowest BCUT2D eigenvalue weighted by Crippen LogP contribution is -2.63. The van der Waals surface area contributed by atoms with Gasteiger partial charge in [-0.2, -0.15) is 0 Å². The van der Waals surface area contributed by atoms with Gasteiger partial charge in [-0.25, -0.2) is 4.39 Å². The summed E-state index contributed by atoms with van der Waals surface area (Å²) in [6, 6.07) is 7.59. The number of amides is 2. The van der Waals surface area contributed by atoms with Gasteiger partial charge in [0.1, 0.15) is 5.82 Å². The van der Waals surface area contributed by atoms with Crippen molar-refractivity contribution >= 4 is 17.5 Å². The molecular weight excluding hydrogens is 507 g/mol. The molecule has 9 heteroatoms. The van der Waals surface area contributed by atoms with E-state index in [-0.39, 0.29) is 35.1 Å². The lowest BCUT2D eigenvalue weighted by Gasteiger charge is -2.44. The summed E-state index contributed by atoms with van der Waals surface area (Å²) in [5.41, 5.74) is 4.50. The Kier molecular flexibility index (Phi) is 8.01. The number of piperazine rings is 2. The number of benzene rings is 1. The number of anilines is 1. The summed E-state index contributed by atoms with van der Waals surface area (Å²) < 4.78 is 13.6. The van der Waals surface area contributed by atoms with E-state index in [4.69, 9.17) is 4.98 Å². The molecule has 8 nitrogen and oxygen atoms in total. The fraction of sp³-hybridized carbons (Fsp3) is 0.581. The van der Waals surface area contributed by atoms with Crippen LogP contribution in [0.4, 0.5) is 10.1 Å². The van der Waals surface area contributed by atoms with Crippen LogP contribution in [0.2, 0.25) is 0 Å². The molecule has 3 aliphatic rings. The molecule has 3 atom stereocenters. The quantitative estimate of drug-likeness (QED) is 0.596. The van der Waals surface area contributed by atoms with Gasteiger partial charge in [0, 0.05) is 62.5 Å². The second kappa shape index (κ2) is 11.2. The van der Waals surface area contributed by atoms with E-state index in [0.29, 0.717) is 45.2 Å². The highest BCUT2D eigenvalue weighted by atomic mass is 19.1. The molecule has 0 bridgehead atoms. The highest BCUT2D eigenvalue weighted by Gasteiger charge is 2.41. The van der Waals surface area contributed by atoms with Crippen molar-refractivity contribution in [2.24, 2.45) is 0 Å². The van der Waals surface area contributed by atoms with Gasteiger partial charge in [-0.1, -0.05) is 19.9 Å². The predicted octanol–water partition coefficient (Wildman–Crippen LogP) is 2.57. The van der Waals surface area contributed by atoms with Crippen LogP contribution in [0.1, 0.15) is 50.1 Å². The largest absolute Gasteiger partial charge is 0.338 e. The Morgan fingerprint density at radius 1 is 1.20 bits per heavy atom. The van der Waals surface area contributed by atoms with E-state index in [9.17, 15) is 14.0 Å². The highest BCUT2D eigenvalue weighted by molar-refractivity contribution is 5.97. The van der Waals surface area contributed by atoms with E-state index in [1.165, 1.54) is 6.07 Å². The number of aryl methyl sites for hydroxylation is 1.